The van der Waals surface area contributed by atoms with Crippen molar-refractivity contribution in [1.82, 2.24) is 9.97 Å². The van der Waals surface area contributed by atoms with E-state index >= 15 is 0 Å². The van der Waals surface area contributed by atoms with Crippen molar-refractivity contribution in [3.8, 4) is 11.4 Å². The Morgan fingerprint density at radius 2 is 1.87 bits per heavy atom. The Hall–Kier alpha value is -0.200. The summed E-state index contributed by atoms with van der Waals surface area (Å²) in [6, 6.07) is 7.97. The van der Waals surface area contributed by atoms with Crippen molar-refractivity contribution in [3.05, 3.63) is 43.7 Å². The minimum Gasteiger partial charge on any atom is -0.235 e. The Morgan fingerprint density at radius 3 is 2.47 bits per heavy atom. The van der Waals surface area contributed by atoms with E-state index in [1.807, 2.05) is 24.3 Å². The summed E-state index contributed by atoms with van der Waals surface area (Å²) in [5.74, 6) is 0.639. The molecule has 0 amide bonds. The first kappa shape index (κ1) is 11.3. The number of aromatic nitrogens is 2. The molecule has 0 spiro atoms. The van der Waals surface area contributed by atoms with Gasteiger partial charge in [-0.3, -0.25) is 0 Å². The molecule has 2 aromatic rings. The Morgan fingerprint density at radius 1 is 1.20 bits per heavy atom. The molecule has 0 saturated carbocycles. The van der Waals surface area contributed by atoms with Crippen molar-refractivity contribution in [3.63, 3.8) is 0 Å². The van der Waals surface area contributed by atoms with E-state index in [9.17, 15) is 0 Å². The molecule has 0 unspecified atom stereocenters. The summed E-state index contributed by atoms with van der Waals surface area (Å²) in [4.78, 5) is 8.37. The number of benzene rings is 1. The maximum Gasteiger partial charge on any atom is 0.160 e. The third-order valence-electron chi connectivity index (χ3n) is 1.80. The largest absolute Gasteiger partial charge is 0.235 e. The average molecular weight is 395 g/mol. The molecule has 1 heterocycles. The van der Waals surface area contributed by atoms with Crippen LogP contribution in [0.5, 0.6) is 0 Å². The average Bonchev–Trinajstić information content (AvgIpc) is 2.23. The van der Waals surface area contributed by atoms with E-state index in [-0.39, 0.29) is 0 Å². The Bertz CT molecular complexity index is 487. The summed E-state index contributed by atoms with van der Waals surface area (Å²) in [6.45, 7) is 0. The van der Waals surface area contributed by atoms with Gasteiger partial charge in [0.25, 0.3) is 0 Å². The lowest BCUT2D eigenvalue weighted by atomic mass is 10.2. The summed E-state index contributed by atoms with van der Waals surface area (Å²) in [5.41, 5.74) is 0.963. The van der Waals surface area contributed by atoms with Crippen molar-refractivity contribution in [2.75, 3.05) is 0 Å². The van der Waals surface area contributed by atoms with Gasteiger partial charge >= 0.3 is 0 Å². The number of rotatable bonds is 1. The molecule has 0 aliphatic rings. The van der Waals surface area contributed by atoms with Crippen LogP contribution in [-0.4, -0.2) is 9.97 Å². The predicted molar refractivity (Wildman–Crippen MR) is 72.9 cm³/mol. The number of halogens is 3. The molecule has 1 aromatic heterocycles. The highest BCUT2D eigenvalue weighted by atomic mass is 127. The highest BCUT2D eigenvalue weighted by Gasteiger charge is 2.04. The van der Waals surface area contributed by atoms with Crippen LogP contribution in [0.4, 0.5) is 0 Å². The molecule has 15 heavy (non-hydrogen) atoms. The second-order valence-corrected chi connectivity index (χ2v) is 5.30. The van der Waals surface area contributed by atoms with Crippen molar-refractivity contribution in [1.29, 1.82) is 0 Å². The third-order valence-corrected chi connectivity index (χ3v) is 3.62. The van der Waals surface area contributed by atoms with Crippen molar-refractivity contribution < 1.29 is 0 Å². The fourth-order valence-electron chi connectivity index (χ4n) is 1.08. The van der Waals surface area contributed by atoms with Gasteiger partial charge in [0, 0.05) is 15.3 Å². The minimum atomic E-state index is 0.429. The van der Waals surface area contributed by atoms with E-state index in [2.05, 4.69) is 48.5 Å². The summed E-state index contributed by atoms with van der Waals surface area (Å²) in [7, 11) is 0. The normalized spacial score (nSPS) is 10.3. The molecule has 76 valence electrons. The van der Waals surface area contributed by atoms with Crippen LogP contribution < -0.4 is 0 Å². The molecule has 2 rings (SSSR count). The van der Waals surface area contributed by atoms with Gasteiger partial charge in [0.1, 0.15) is 5.15 Å². The first-order chi connectivity index (χ1) is 7.16. The van der Waals surface area contributed by atoms with Crippen LogP contribution in [0.15, 0.2) is 34.9 Å². The topological polar surface area (TPSA) is 25.8 Å². The highest BCUT2D eigenvalue weighted by molar-refractivity contribution is 14.1. The lowest BCUT2D eigenvalue weighted by Crippen LogP contribution is -1.89. The molecule has 0 aliphatic heterocycles. The van der Waals surface area contributed by atoms with Gasteiger partial charge in [-0.05, 0) is 50.7 Å². The fraction of sp³-hybridized carbons (Fsp3) is 0. The van der Waals surface area contributed by atoms with Crippen molar-refractivity contribution >= 4 is 50.1 Å². The van der Waals surface area contributed by atoms with Gasteiger partial charge in [-0.2, -0.15) is 0 Å². The Labute approximate surface area is 114 Å². The van der Waals surface area contributed by atoms with Gasteiger partial charge in [0.05, 0.1) is 4.47 Å². The molecule has 5 heteroatoms. The highest BCUT2D eigenvalue weighted by Crippen LogP contribution is 2.23. The molecule has 0 atom stereocenters. The van der Waals surface area contributed by atoms with Crippen molar-refractivity contribution in [2.45, 2.75) is 0 Å². The van der Waals surface area contributed by atoms with E-state index in [0.717, 1.165) is 5.56 Å². The van der Waals surface area contributed by atoms with Gasteiger partial charge in [-0.15, -0.1) is 0 Å². The third kappa shape index (κ3) is 2.68. The number of hydrogen-bond acceptors (Lipinski definition) is 2. The number of nitrogens with zero attached hydrogens (tertiary/aromatic N) is 2. The molecule has 1 aromatic carbocycles. The fourth-order valence-corrected chi connectivity index (χ4v) is 1.76. The van der Waals surface area contributed by atoms with Gasteiger partial charge in [0.2, 0.25) is 0 Å². The smallest absolute Gasteiger partial charge is 0.160 e. The first-order valence-corrected chi connectivity index (χ1v) is 6.36. The molecular weight excluding hydrogens is 390 g/mol. The maximum atomic E-state index is 5.90. The maximum absolute atomic E-state index is 5.90. The van der Waals surface area contributed by atoms with E-state index in [4.69, 9.17) is 11.6 Å². The standard InChI is InChI=1S/C10H5BrClIN2/c11-8-5-14-10(15-9(8)12)6-1-3-7(13)4-2-6/h1-5H. The molecular formula is C10H5BrClIN2. The van der Waals surface area contributed by atoms with Gasteiger partial charge in [-0.25, -0.2) is 9.97 Å². The number of hydrogen-bond donors (Lipinski definition) is 0. The second kappa shape index (κ2) is 4.76. The van der Waals surface area contributed by atoms with Gasteiger partial charge in [0.15, 0.2) is 5.82 Å². The zero-order valence-electron chi connectivity index (χ0n) is 7.42. The van der Waals surface area contributed by atoms with Gasteiger partial charge < -0.3 is 0 Å². The molecule has 0 aliphatic carbocycles. The molecule has 0 N–H and O–H groups in total. The second-order valence-electron chi connectivity index (χ2n) is 2.84. The van der Waals surface area contributed by atoms with Crippen LogP contribution >= 0.6 is 50.1 Å². The molecule has 2 nitrogen and oxygen atoms in total. The molecule has 0 saturated heterocycles. The van der Waals surface area contributed by atoms with Crippen molar-refractivity contribution in [2.24, 2.45) is 0 Å². The summed E-state index contributed by atoms with van der Waals surface area (Å²) >= 11 is 11.4. The zero-order valence-corrected chi connectivity index (χ0v) is 11.9. The van der Waals surface area contributed by atoms with Crippen LogP contribution in [0.1, 0.15) is 0 Å². The van der Waals surface area contributed by atoms with Crippen LogP contribution in [0.25, 0.3) is 11.4 Å². The van der Waals surface area contributed by atoms with Crippen LogP contribution in [0.2, 0.25) is 5.15 Å². The first-order valence-electron chi connectivity index (χ1n) is 4.11. The summed E-state index contributed by atoms with van der Waals surface area (Å²) < 4.78 is 1.89. The molecule has 0 bridgehead atoms. The van der Waals surface area contributed by atoms with E-state index in [1.54, 1.807) is 6.20 Å². The van der Waals surface area contributed by atoms with E-state index in [0.29, 0.717) is 15.5 Å². The summed E-state index contributed by atoms with van der Waals surface area (Å²) in [5, 5.41) is 0.429. The van der Waals surface area contributed by atoms with Crippen LogP contribution in [-0.2, 0) is 0 Å². The van der Waals surface area contributed by atoms with Crippen LogP contribution in [0.3, 0.4) is 0 Å². The zero-order chi connectivity index (χ0) is 10.8. The Kier molecular flexibility index (Phi) is 3.58. The SMILES string of the molecule is Clc1nc(-c2ccc(I)cc2)ncc1Br. The monoisotopic (exact) mass is 394 g/mol. The minimum absolute atomic E-state index is 0.429. The molecule has 0 fully saturated rings. The van der Waals surface area contributed by atoms with E-state index < -0.39 is 0 Å². The lowest BCUT2D eigenvalue weighted by molar-refractivity contribution is 1.16. The molecule has 0 radical (unpaired) electrons. The predicted octanol–water partition coefficient (Wildman–Crippen LogP) is 4.16. The van der Waals surface area contributed by atoms with Gasteiger partial charge in [-0.1, -0.05) is 23.7 Å². The summed E-state index contributed by atoms with van der Waals surface area (Å²) in [6.07, 6.45) is 1.66. The van der Waals surface area contributed by atoms with E-state index in [1.165, 1.54) is 3.57 Å². The quantitative estimate of drug-likeness (QED) is 0.535. The van der Waals surface area contributed by atoms with Crippen LogP contribution in [0, 0.1) is 3.57 Å². The lowest BCUT2D eigenvalue weighted by Gasteiger charge is -2.01. The Balaban J connectivity index is 2.45.